The molecule has 24 heavy (non-hydrogen) atoms. The summed E-state index contributed by atoms with van der Waals surface area (Å²) in [5.41, 5.74) is 5.87. The number of halogens is 1. The Bertz CT molecular complexity index is 771. The van der Waals surface area contributed by atoms with E-state index in [1.807, 2.05) is 12.1 Å². The van der Waals surface area contributed by atoms with E-state index in [0.29, 0.717) is 5.56 Å². The number of carbonyl (C=O) groups excluding carboxylic acids is 1. The van der Waals surface area contributed by atoms with Gasteiger partial charge in [-0.2, -0.15) is 0 Å². The Morgan fingerprint density at radius 2 is 1.75 bits per heavy atom. The number of esters is 1. The molecule has 0 aliphatic carbocycles. The summed E-state index contributed by atoms with van der Waals surface area (Å²) in [6, 6.07) is 7.41. The average molecular weight is 352 g/mol. The van der Waals surface area contributed by atoms with Gasteiger partial charge >= 0.3 is 5.97 Å². The first-order valence-corrected chi connectivity index (χ1v) is 9.96. The molecule has 0 radical (unpaired) electrons. The Kier molecular flexibility index (Phi) is 5.03. The van der Waals surface area contributed by atoms with Crippen molar-refractivity contribution in [1.82, 2.24) is 4.98 Å². The van der Waals surface area contributed by atoms with E-state index < -0.39 is 21.8 Å². The maximum atomic E-state index is 14.6. The Hall–Kier alpha value is -2.28. The molecule has 2 rings (SSSR count). The third kappa shape index (κ3) is 3.31. The number of anilines is 1. The number of nitrogen functional groups attached to an aromatic ring is 1. The molecule has 0 aliphatic heterocycles. The molecule has 0 spiro atoms. The van der Waals surface area contributed by atoms with Crippen molar-refractivity contribution < 1.29 is 18.7 Å². The Labute approximate surface area is 142 Å². The van der Waals surface area contributed by atoms with Crippen molar-refractivity contribution in [2.75, 3.05) is 38.7 Å². The topological polar surface area (TPSA) is 74.4 Å². The number of carbonyl (C=O) groups is 1. The number of methoxy groups -OCH3 is 2. The SMILES string of the molecule is COC(=O)c1nc(-c2ccc(S(C)(C)C)cc2)c(F)c(N)c1OC. The molecule has 0 bridgehead atoms. The van der Waals surface area contributed by atoms with E-state index in [9.17, 15) is 9.18 Å². The smallest absolute Gasteiger partial charge is 0.360 e. The first-order chi connectivity index (χ1) is 11.2. The summed E-state index contributed by atoms with van der Waals surface area (Å²) in [6.45, 7) is 0. The van der Waals surface area contributed by atoms with Crippen LogP contribution < -0.4 is 10.5 Å². The fraction of sp³-hybridized carbons (Fsp3) is 0.294. The number of nitrogens with zero attached hydrogens (tertiary/aromatic N) is 1. The highest BCUT2D eigenvalue weighted by Crippen LogP contribution is 2.45. The predicted octanol–water partition coefficient (Wildman–Crippen LogP) is 3.32. The highest BCUT2D eigenvalue weighted by atomic mass is 32.3. The molecule has 1 heterocycles. The van der Waals surface area contributed by atoms with Gasteiger partial charge in [0.25, 0.3) is 0 Å². The van der Waals surface area contributed by atoms with Crippen LogP contribution >= 0.6 is 10.0 Å². The molecule has 5 nitrogen and oxygen atoms in total. The molecule has 0 saturated heterocycles. The fourth-order valence-corrected chi connectivity index (χ4v) is 3.17. The Morgan fingerprint density at radius 3 is 2.21 bits per heavy atom. The van der Waals surface area contributed by atoms with Crippen LogP contribution in [0.25, 0.3) is 11.3 Å². The average Bonchev–Trinajstić information content (AvgIpc) is 2.55. The first-order valence-electron chi connectivity index (χ1n) is 7.10. The summed E-state index contributed by atoms with van der Waals surface area (Å²) in [5.74, 6) is -1.59. The highest BCUT2D eigenvalue weighted by Gasteiger charge is 2.24. The summed E-state index contributed by atoms with van der Waals surface area (Å²) < 4.78 is 24.3. The molecule has 2 N–H and O–H groups in total. The lowest BCUT2D eigenvalue weighted by molar-refractivity contribution is 0.0590. The van der Waals surface area contributed by atoms with E-state index in [4.69, 9.17) is 10.5 Å². The lowest BCUT2D eigenvalue weighted by atomic mass is 10.1. The number of rotatable bonds is 4. The number of hydrogen-bond acceptors (Lipinski definition) is 5. The lowest BCUT2D eigenvalue weighted by Gasteiger charge is -2.25. The van der Waals surface area contributed by atoms with Gasteiger partial charge in [0.05, 0.1) is 14.2 Å². The number of ether oxygens (including phenoxy) is 2. The fourth-order valence-electron chi connectivity index (χ4n) is 2.22. The zero-order valence-corrected chi connectivity index (χ0v) is 15.2. The molecule has 0 saturated carbocycles. The molecule has 1 aromatic carbocycles. The van der Waals surface area contributed by atoms with E-state index in [1.54, 1.807) is 12.1 Å². The number of aromatic nitrogens is 1. The minimum Gasteiger partial charge on any atom is -0.492 e. The van der Waals surface area contributed by atoms with Crippen LogP contribution in [0.5, 0.6) is 5.75 Å². The van der Waals surface area contributed by atoms with Gasteiger partial charge in [-0.05, 0) is 35.8 Å². The largest absolute Gasteiger partial charge is 0.492 e. The van der Waals surface area contributed by atoms with Crippen LogP contribution in [0.3, 0.4) is 0 Å². The van der Waals surface area contributed by atoms with Gasteiger partial charge in [-0.3, -0.25) is 0 Å². The minimum atomic E-state index is -0.889. The van der Waals surface area contributed by atoms with Crippen LogP contribution in [0.15, 0.2) is 29.2 Å². The van der Waals surface area contributed by atoms with E-state index >= 15 is 0 Å². The van der Waals surface area contributed by atoms with Gasteiger partial charge in [0.2, 0.25) is 0 Å². The van der Waals surface area contributed by atoms with Crippen molar-refractivity contribution in [2.24, 2.45) is 0 Å². The molecular formula is C17H21FN2O3S. The number of hydrogen-bond donors (Lipinski definition) is 1. The number of benzene rings is 1. The maximum Gasteiger partial charge on any atom is 0.360 e. The van der Waals surface area contributed by atoms with E-state index in [1.165, 1.54) is 19.1 Å². The van der Waals surface area contributed by atoms with Gasteiger partial charge in [0.1, 0.15) is 11.4 Å². The Balaban J connectivity index is 2.62. The molecule has 0 amide bonds. The highest BCUT2D eigenvalue weighted by molar-refractivity contribution is 8.32. The van der Waals surface area contributed by atoms with Crippen LogP contribution in [0, 0.1) is 5.82 Å². The van der Waals surface area contributed by atoms with E-state index in [2.05, 4.69) is 28.5 Å². The second-order valence-electron chi connectivity index (χ2n) is 5.92. The van der Waals surface area contributed by atoms with Gasteiger partial charge < -0.3 is 15.2 Å². The molecule has 0 atom stereocenters. The molecule has 0 aliphatic rings. The second-order valence-corrected chi connectivity index (χ2v) is 10.1. The normalized spacial score (nSPS) is 11.9. The van der Waals surface area contributed by atoms with Crippen molar-refractivity contribution in [1.29, 1.82) is 0 Å². The Morgan fingerprint density at radius 1 is 1.17 bits per heavy atom. The predicted molar refractivity (Wildman–Crippen MR) is 95.6 cm³/mol. The molecule has 0 unspecified atom stereocenters. The van der Waals surface area contributed by atoms with E-state index in [0.717, 1.165) is 0 Å². The summed E-state index contributed by atoms with van der Waals surface area (Å²) in [6.07, 6.45) is 6.50. The van der Waals surface area contributed by atoms with Gasteiger partial charge in [0.15, 0.2) is 17.3 Å². The first kappa shape index (κ1) is 18.1. The van der Waals surface area contributed by atoms with Crippen molar-refractivity contribution >= 4 is 21.7 Å². The van der Waals surface area contributed by atoms with Crippen LogP contribution in [0.4, 0.5) is 10.1 Å². The van der Waals surface area contributed by atoms with Crippen LogP contribution in [-0.2, 0) is 4.74 Å². The van der Waals surface area contributed by atoms with Crippen molar-refractivity contribution in [2.45, 2.75) is 4.90 Å². The summed E-state index contributed by atoms with van der Waals surface area (Å²) in [4.78, 5) is 17.2. The molecule has 2 aromatic rings. The van der Waals surface area contributed by atoms with Gasteiger partial charge in [-0.15, -0.1) is 0 Å². The van der Waals surface area contributed by atoms with Crippen molar-refractivity contribution in [3.8, 4) is 17.0 Å². The van der Waals surface area contributed by atoms with Crippen LogP contribution in [-0.4, -0.2) is 43.9 Å². The van der Waals surface area contributed by atoms with E-state index in [-0.39, 0.29) is 22.8 Å². The summed E-state index contributed by atoms with van der Waals surface area (Å²) >= 11 is 0. The molecule has 7 heteroatoms. The zero-order valence-electron chi connectivity index (χ0n) is 14.3. The van der Waals surface area contributed by atoms with Crippen LogP contribution in [0.2, 0.25) is 0 Å². The third-order valence-electron chi connectivity index (χ3n) is 3.55. The molecule has 0 fully saturated rings. The minimum absolute atomic E-state index is 0.0100. The molecular weight excluding hydrogens is 331 g/mol. The van der Waals surface area contributed by atoms with Crippen molar-refractivity contribution in [3.63, 3.8) is 0 Å². The standard InChI is InChI=1S/C17H21FN2O3S/c1-22-16-13(19)12(18)14(20-15(16)17(21)23-2)10-6-8-11(9-7-10)24(3,4)5/h6-9H,1-5H3,(H2,19,20). The quantitative estimate of drug-likeness (QED) is 0.855. The summed E-state index contributed by atoms with van der Waals surface area (Å²) in [7, 11) is 1.61. The number of nitrogens with two attached hydrogens (primary N) is 1. The maximum absolute atomic E-state index is 14.6. The monoisotopic (exact) mass is 352 g/mol. The van der Waals surface area contributed by atoms with Crippen LogP contribution in [0.1, 0.15) is 10.5 Å². The third-order valence-corrected chi connectivity index (χ3v) is 5.23. The molecule has 1 aromatic heterocycles. The zero-order chi connectivity index (χ0) is 18.1. The van der Waals surface area contributed by atoms with Crippen molar-refractivity contribution in [3.05, 3.63) is 35.8 Å². The molecule has 130 valence electrons. The summed E-state index contributed by atoms with van der Waals surface area (Å²) in [5, 5.41) is 0. The lowest BCUT2D eigenvalue weighted by Crippen LogP contribution is -2.12. The number of pyridine rings is 1. The van der Waals surface area contributed by atoms with Gasteiger partial charge in [0, 0.05) is 5.56 Å². The van der Waals surface area contributed by atoms with Gasteiger partial charge in [-0.25, -0.2) is 24.2 Å². The van der Waals surface area contributed by atoms with Gasteiger partial charge in [-0.1, -0.05) is 12.1 Å². The second kappa shape index (κ2) is 6.68.